The molecule has 0 amide bonds. The lowest BCUT2D eigenvalue weighted by Gasteiger charge is -2.08. The average Bonchev–Trinajstić information content (AvgIpc) is 2.79. The fraction of sp³-hybridized carbons (Fsp3) is 0.167. The minimum Gasteiger partial charge on any atom is -0.406 e. The second kappa shape index (κ2) is 5.03. The first-order valence-corrected chi connectivity index (χ1v) is 5.13. The van der Waals surface area contributed by atoms with Crippen molar-refractivity contribution in [2.45, 2.75) is 12.4 Å². The number of rotatable bonds is 3. The fourth-order valence-electron chi connectivity index (χ4n) is 1.35. The predicted molar refractivity (Wildman–Crippen MR) is 62.7 cm³/mol. The van der Waals surface area contributed by atoms with E-state index in [-0.39, 0.29) is 11.8 Å². The molecule has 0 N–H and O–H groups in total. The van der Waals surface area contributed by atoms with Gasteiger partial charge in [-0.25, -0.2) is 0 Å². The van der Waals surface area contributed by atoms with Gasteiger partial charge in [-0.2, -0.15) is 0 Å². The molecule has 3 nitrogen and oxygen atoms in total. The number of aliphatic imine (C=N–C) groups is 2. The highest BCUT2D eigenvalue weighted by molar-refractivity contribution is 5.82. The average molecular weight is 254 g/mol. The lowest BCUT2D eigenvalue weighted by atomic mass is 10.3. The molecule has 0 bridgehead atoms. The van der Waals surface area contributed by atoms with E-state index in [4.69, 9.17) is 0 Å². The van der Waals surface area contributed by atoms with Gasteiger partial charge in [-0.1, -0.05) is 6.08 Å². The van der Waals surface area contributed by atoms with Gasteiger partial charge in [0.1, 0.15) is 11.8 Å². The lowest BCUT2D eigenvalue weighted by Crippen LogP contribution is -2.16. The zero-order valence-corrected chi connectivity index (χ0v) is 9.13. The summed E-state index contributed by atoms with van der Waals surface area (Å²) in [5.41, 5.74) is 0.542. The van der Waals surface area contributed by atoms with Gasteiger partial charge in [0.15, 0.2) is 0 Å². The maximum Gasteiger partial charge on any atom is 0.573 e. The molecule has 94 valence electrons. The van der Waals surface area contributed by atoms with Crippen LogP contribution >= 0.6 is 0 Å². The quantitative estimate of drug-likeness (QED) is 0.762. The second-order valence-electron chi connectivity index (χ2n) is 3.49. The summed E-state index contributed by atoms with van der Waals surface area (Å²) in [4.78, 5) is 8.16. The first kappa shape index (κ1) is 12.3. The maximum atomic E-state index is 11.9. The number of nitrogens with zero attached hydrogens (tertiary/aromatic N) is 2. The molecule has 0 spiro atoms. The first-order valence-electron chi connectivity index (χ1n) is 5.13. The van der Waals surface area contributed by atoms with Gasteiger partial charge in [0.25, 0.3) is 0 Å². The Morgan fingerprint density at radius 1 is 1.22 bits per heavy atom. The van der Waals surface area contributed by atoms with E-state index in [0.717, 1.165) is 0 Å². The Hall–Kier alpha value is -2.11. The first-order chi connectivity index (χ1) is 8.53. The van der Waals surface area contributed by atoms with E-state index in [2.05, 4.69) is 14.7 Å². The minimum atomic E-state index is -4.67. The second-order valence-corrected chi connectivity index (χ2v) is 3.49. The van der Waals surface area contributed by atoms with E-state index in [9.17, 15) is 13.2 Å². The van der Waals surface area contributed by atoms with E-state index < -0.39 is 6.36 Å². The monoisotopic (exact) mass is 254 g/mol. The van der Waals surface area contributed by atoms with Crippen LogP contribution in [0.25, 0.3) is 0 Å². The van der Waals surface area contributed by atoms with Crippen LogP contribution in [0.5, 0.6) is 5.75 Å². The summed E-state index contributed by atoms with van der Waals surface area (Å²) in [5, 5.41) is 0. The van der Waals surface area contributed by atoms with Crippen LogP contribution in [0.2, 0.25) is 0 Å². The van der Waals surface area contributed by atoms with Gasteiger partial charge in [-0.15, -0.1) is 13.2 Å². The van der Waals surface area contributed by atoms with E-state index in [1.807, 2.05) is 6.08 Å². The molecule has 1 aliphatic rings. The Morgan fingerprint density at radius 3 is 2.50 bits per heavy atom. The number of halogens is 3. The predicted octanol–water partition coefficient (Wildman–Crippen LogP) is 3.30. The molecule has 2 rings (SSSR count). The third-order valence-corrected chi connectivity index (χ3v) is 2.10. The Labute approximate surface area is 101 Å². The van der Waals surface area contributed by atoms with Crippen LogP contribution in [-0.4, -0.2) is 24.8 Å². The molecule has 1 aromatic rings. The van der Waals surface area contributed by atoms with Crippen molar-refractivity contribution >= 4 is 18.1 Å². The van der Waals surface area contributed by atoms with E-state index >= 15 is 0 Å². The number of hydrogen-bond donors (Lipinski definition) is 0. The van der Waals surface area contributed by atoms with Gasteiger partial charge in [0, 0.05) is 12.4 Å². The molecule has 1 heterocycles. The summed E-state index contributed by atoms with van der Waals surface area (Å²) in [6, 6.07) is 5.22. The Kier molecular flexibility index (Phi) is 3.45. The Bertz CT molecular complexity index is 477. The molecule has 0 aromatic heterocycles. The molecule has 0 fully saturated rings. The molecule has 0 radical (unpaired) electrons. The fourth-order valence-corrected chi connectivity index (χ4v) is 1.35. The summed E-state index contributed by atoms with van der Waals surface area (Å²) >= 11 is 0. The van der Waals surface area contributed by atoms with Crippen molar-refractivity contribution in [2.75, 3.05) is 0 Å². The normalized spacial score (nSPS) is 18.7. The largest absolute Gasteiger partial charge is 0.573 e. The molecule has 1 unspecified atom stereocenters. The molecule has 0 aliphatic carbocycles. The Morgan fingerprint density at radius 2 is 1.94 bits per heavy atom. The van der Waals surface area contributed by atoms with Crippen molar-refractivity contribution in [3.63, 3.8) is 0 Å². The number of hydrogen-bond acceptors (Lipinski definition) is 3. The van der Waals surface area contributed by atoms with E-state index in [1.165, 1.54) is 24.3 Å². The highest BCUT2D eigenvalue weighted by Gasteiger charge is 2.30. The van der Waals surface area contributed by atoms with Gasteiger partial charge in [0.2, 0.25) is 0 Å². The SMILES string of the molecule is FC(F)(F)Oc1ccc(N=CC2C=CC=N2)cc1. The lowest BCUT2D eigenvalue weighted by molar-refractivity contribution is -0.274. The van der Waals surface area contributed by atoms with Crippen LogP contribution in [0.3, 0.4) is 0 Å². The third kappa shape index (κ3) is 3.73. The molecule has 18 heavy (non-hydrogen) atoms. The van der Waals surface area contributed by atoms with Crippen LogP contribution in [0.15, 0.2) is 46.4 Å². The number of allylic oxidation sites excluding steroid dienone is 1. The molecule has 1 aliphatic heterocycles. The molecule has 1 atom stereocenters. The van der Waals surface area contributed by atoms with Gasteiger partial charge in [-0.05, 0) is 30.3 Å². The van der Waals surface area contributed by atoms with Crippen LogP contribution in [0, 0.1) is 0 Å². The van der Waals surface area contributed by atoms with Crippen molar-refractivity contribution in [2.24, 2.45) is 9.98 Å². The van der Waals surface area contributed by atoms with Crippen molar-refractivity contribution in [1.29, 1.82) is 0 Å². The van der Waals surface area contributed by atoms with Crippen molar-refractivity contribution in [3.8, 4) is 5.75 Å². The van der Waals surface area contributed by atoms with Gasteiger partial charge < -0.3 is 4.74 Å². The Balaban J connectivity index is 1.99. The standard InChI is InChI=1S/C12H9F3N2O/c13-12(14,15)18-11-5-3-9(4-6-11)17-8-10-2-1-7-16-10/h1-8,10H. The molecule has 0 saturated carbocycles. The minimum absolute atomic E-state index is 0.101. The summed E-state index contributed by atoms with van der Waals surface area (Å²) in [7, 11) is 0. The smallest absolute Gasteiger partial charge is 0.406 e. The highest BCUT2D eigenvalue weighted by atomic mass is 19.4. The van der Waals surface area contributed by atoms with Crippen LogP contribution in [-0.2, 0) is 0 Å². The molecular formula is C12H9F3N2O. The zero-order valence-electron chi connectivity index (χ0n) is 9.13. The summed E-state index contributed by atoms with van der Waals surface area (Å²) < 4.78 is 39.5. The highest BCUT2D eigenvalue weighted by Crippen LogP contribution is 2.24. The summed E-state index contributed by atoms with van der Waals surface area (Å²) in [6.07, 6.45) is 2.26. The van der Waals surface area contributed by atoms with Gasteiger partial charge >= 0.3 is 6.36 Å². The molecule has 0 saturated heterocycles. The molecule has 6 heteroatoms. The summed E-state index contributed by atoms with van der Waals surface area (Å²) in [5.74, 6) is -0.264. The number of alkyl halides is 3. The zero-order chi connectivity index (χ0) is 13.0. The van der Waals surface area contributed by atoms with Crippen molar-refractivity contribution in [3.05, 3.63) is 36.4 Å². The molecular weight excluding hydrogens is 245 g/mol. The van der Waals surface area contributed by atoms with Crippen molar-refractivity contribution < 1.29 is 17.9 Å². The van der Waals surface area contributed by atoms with Gasteiger partial charge in [-0.3, -0.25) is 9.98 Å². The topological polar surface area (TPSA) is 34.0 Å². The van der Waals surface area contributed by atoms with E-state index in [0.29, 0.717) is 5.69 Å². The molecule has 1 aromatic carbocycles. The van der Waals surface area contributed by atoms with Gasteiger partial charge in [0.05, 0.1) is 5.69 Å². The third-order valence-electron chi connectivity index (χ3n) is 2.10. The number of benzene rings is 1. The van der Waals surface area contributed by atoms with Crippen LogP contribution < -0.4 is 4.74 Å². The summed E-state index contributed by atoms with van der Waals surface area (Å²) in [6.45, 7) is 0. The van der Waals surface area contributed by atoms with Crippen LogP contribution in [0.4, 0.5) is 18.9 Å². The number of ether oxygens (including phenoxy) is 1. The maximum absolute atomic E-state index is 11.9. The van der Waals surface area contributed by atoms with E-state index in [1.54, 1.807) is 18.5 Å². The van der Waals surface area contributed by atoms with Crippen molar-refractivity contribution in [1.82, 2.24) is 0 Å². The van der Waals surface area contributed by atoms with Crippen LogP contribution in [0.1, 0.15) is 0 Å².